The summed E-state index contributed by atoms with van der Waals surface area (Å²) in [5, 5.41) is 8.89. The summed E-state index contributed by atoms with van der Waals surface area (Å²) >= 11 is 0. The molecule has 1 rings (SSSR count). The van der Waals surface area contributed by atoms with E-state index in [-0.39, 0.29) is 12.7 Å². The van der Waals surface area contributed by atoms with Gasteiger partial charge in [-0.2, -0.15) is 0 Å². The summed E-state index contributed by atoms with van der Waals surface area (Å²) < 4.78 is 10.9. The van der Waals surface area contributed by atoms with Gasteiger partial charge in [0.2, 0.25) is 0 Å². The first-order valence-electron chi connectivity index (χ1n) is 5.23. The first-order valence-corrected chi connectivity index (χ1v) is 5.23. The molecule has 1 fully saturated rings. The molecule has 0 aliphatic carbocycles. The van der Waals surface area contributed by atoms with E-state index in [9.17, 15) is 0 Å². The fourth-order valence-corrected chi connectivity index (χ4v) is 1.41. The summed E-state index contributed by atoms with van der Waals surface area (Å²) in [6.07, 6.45) is 3.66. The lowest BCUT2D eigenvalue weighted by molar-refractivity contribution is -0.0515. The molecule has 4 nitrogen and oxygen atoms in total. The van der Waals surface area contributed by atoms with E-state index in [1.165, 1.54) is 6.42 Å². The largest absolute Gasteiger partial charge is 0.394 e. The highest BCUT2D eigenvalue weighted by atomic mass is 16.5. The fourth-order valence-electron chi connectivity index (χ4n) is 1.41. The van der Waals surface area contributed by atoms with Crippen LogP contribution in [0.1, 0.15) is 26.2 Å². The van der Waals surface area contributed by atoms with Crippen molar-refractivity contribution in [2.45, 2.75) is 37.8 Å². The van der Waals surface area contributed by atoms with E-state index in [2.05, 4.69) is 0 Å². The molecule has 1 aliphatic heterocycles. The van der Waals surface area contributed by atoms with Crippen LogP contribution in [0.15, 0.2) is 0 Å². The third-order valence-corrected chi connectivity index (χ3v) is 2.37. The number of hydrogen-bond donors (Lipinski definition) is 2. The topological polar surface area (TPSA) is 64.7 Å². The van der Waals surface area contributed by atoms with Crippen molar-refractivity contribution in [3.63, 3.8) is 0 Å². The highest BCUT2D eigenvalue weighted by molar-refractivity contribution is 4.76. The minimum atomic E-state index is -0.630. The minimum Gasteiger partial charge on any atom is -0.394 e. The van der Waals surface area contributed by atoms with Crippen molar-refractivity contribution in [3.8, 4) is 0 Å². The maximum atomic E-state index is 8.89. The van der Waals surface area contributed by atoms with Gasteiger partial charge in [-0.15, -0.1) is 0 Å². The molecule has 3 N–H and O–H groups in total. The Bertz CT molecular complexity index is 155. The van der Waals surface area contributed by atoms with Crippen molar-refractivity contribution in [2.24, 2.45) is 5.73 Å². The summed E-state index contributed by atoms with van der Waals surface area (Å²) in [5.41, 5.74) is 5.09. The number of aliphatic hydroxyl groups excluding tert-OH is 1. The molecule has 0 radical (unpaired) electrons. The van der Waals surface area contributed by atoms with E-state index in [0.29, 0.717) is 13.2 Å². The van der Waals surface area contributed by atoms with E-state index in [4.69, 9.17) is 20.3 Å². The molecule has 84 valence electrons. The lowest BCUT2D eigenvalue weighted by atomic mass is 10.1. The number of aliphatic hydroxyl groups is 1. The quantitative estimate of drug-likeness (QED) is 0.673. The maximum absolute atomic E-state index is 8.89. The molecule has 0 aromatic heterocycles. The molecule has 2 unspecified atom stereocenters. The summed E-state index contributed by atoms with van der Waals surface area (Å²) in [4.78, 5) is 0. The average molecular weight is 203 g/mol. The van der Waals surface area contributed by atoms with Gasteiger partial charge in [0.25, 0.3) is 0 Å². The van der Waals surface area contributed by atoms with E-state index in [1.54, 1.807) is 6.92 Å². The Morgan fingerprint density at radius 2 is 2.36 bits per heavy atom. The predicted octanol–water partition coefficient (Wildman–Crippen LogP) is 0.282. The van der Waals surface area contributed by atoms with Gasteiger partial charge in [-0.3, -0.25) is 0 Å². The van der Waals surface area contributed by atoms with Crippen molar-refractivity contribution >= 4 is 0 Å². The minimum absolute atomic E-state index is 0.0570. The molecule has 0 aromatic carbocycles. The number of ether oxygens (including phenoxy) is 2. The molecule has 1 aliphatic rings. The molecule has 0 bridgehead atoms. The van der Waals surface area contributed by atoms with Crippen molar-refractivity contribution in [2.75, 3.05) is 26.4 Å². The standard InChI is InChI=1S/C10H21NO3/c1-10(11,7-12)8-13-6-9-4-2-3-5-14-9/h9,12H,2-8,11H2,1H3. The molecule has 0 spiro atoms. The highest BCUT2D eigenvalue weighted by Crippen LogP contribution is 2.13. The van der Waals surface area contributed by atoms with Gasteiger partial charge in [0.05, 0.1) is 31.5 Å². The molecular formula is C10H21NO3. The molecule has 4 heteroatoms. The van der Waals surface area contributed by atoms with Crippen molar-refractivity contribution in [3.05, 3.63) is 0 Å². The normalized spacial score (nSPS) is 27.2. The molecule has 0 aromatic rings. The Balaban J connectivity index is 2.08. The summed E-state index contributed by atoms with van der Waals surface area (Å²) in [7, 11) is 0. The van der Waals surface area contributed by atoms with Gasteiger partial charge in [-0.1, -0.05) is 0 Å². The molecule has 14 heavy (non-hydrogen) atoms. The van der Waals surface area contributed by atoms with Crippen molar-refractivity contribution < 1.29 is 14.6 Å². The first-order chi connectivity index (χ1) is 6.64. The van der Waals surface area contributed by atoms with E-state index >= 15 is 0 Å². The van der Waals surface area contributed by atoms with Crippen LogP contribution in [0.5, 0.6) is 0 Å². The molecule has 0 amide bonds. The van der Waals surface area contributed by atoms with Crippen LogP contribution >= 0.6 is 0 Å². The Morgan fingerprint density at radius 1 is 1.57 bits per heavy atom. The molecular weight excluding hydrogens is 182 g/mol. The van der Waals surface area contributed by atoms with Crippen molar-refractivity contribution in [1.82, 2.24) is 0 Å². The van der Waals surface area contributed by atoms with Crippen LogP contribution in [-0.2, 0) is 9.47 Å². The third kappa shape index (κ3) is 4.37. The second-order valence-electron chi connectivity index (χ2n) is 4.32. The van der Waals surface area contributed by atoms with Crippen LogP contribution in [0, 0.1) is 0 Å². The average Bonchev–Trinajstić information content (AvgIpc) is 2.19. The smallest absolute Gasteiger partial charge is 0.0808 e. The zero-order chi connectivity index (χ0) is 10.4. The lowest BCUT2D eigenvalue weighted by Crippen LogP contribution is -2.45. The van der Waals surface area contributed by atoms with E-state index in [1.807, 2.05) is 0 Å². The van der Waals surface area contributed by atoms with Gasteiger partial charge >= 0.3 is 0 Å². The Hall–Kier alpha value is -0.160. The van der Waals surface area contributed by atoms with Gasteiger partial charge in [0, 0.05) is 6.61 Å². The predicted molar refractivity (Wildman–Crippen MR) is 54.1 cm³/mol. The number of rotatable bonds is 5. The van der Waals surface area contributed by atoms with Crippen molar-refractivity contribution in [1.29, 1.82) is 0 Å². The number of nitrogens with two attached hydrogens (primary N) is 1. The Labute approximate surface area is 85.4 Å². The van der Waals surface area contributed by atoms with Crippen LogP contribution in [0.25, 0.3) is 0 Å². The monoisotopic (exact) mass is 203 g/mol. The second kappa shape index (κ2) is 5.66. The van der Waals surface area contributed by atoms with Crippen LogP contribution in [0.2, 0.25) is 0 Å². The zero-order valence-electron chi connectivity index (χ0n) is 8.87. The van der Waals surface area contributed by atoms with Gasteiger partial charge in [0.15, 0.2) is 0 Å². The van der Waals surface area contributed by atoms with Crippen LogP contribution in [0.3, 0.4) is 0 Å². The van der Waals surface area contributed by atoms with Crippen LogP contribution < -0.4 is 5.73 Å². The molecule has 2 atom stereocenters. The third-order valence-electron chi connectivity index (χ3n) is 2.37. The van der Waals surface area contributed by atoms with E-state index in [0.717, 1.165) is 19.4 Å². The maximum Gasteiger partial charge on any atom is 0.0808 e. The highest BCUT2D eigenvalue weighted by Gasteiger charge is 2.19. The van der Waals surface area contributed by atoms with Gasteiger partial charge in [0.1, 0.15) is 0 Å². The summed E-state index contributed by atoms with van der Waals surface area (Å²) in [6.45, 7) is 3.53. The Kier molecular flexibility index (Phi) is 4.81. The van der Waals surface area contributed by atoms with Gasteiger partial charge in [-0.05, 0) is 26.2 Å². The molecule has 1 heterocycles. The number of hydrogen-bond acceptors (Lipinski definition) is 4. The second-order valence-corrected chi connectivity index (χ2v) is 4.32. The van der Waals surface area contributed by atoms with Crippen LogP contribution in [-0.4, -0.2) is 43.2 Å². The van der Waals surface area contributed by atoms with Gasteiger partial charge < -0.3 is 20.3 Å². The molecule has 0 saturated carbocycles. The van der Waals surface area contributed by atoms with E-state index < -0.39 is 5.54 Å². The summed E-state index contributed by atoms with van der Waals surface area (Å²) in [6, 6.07) is 0. The Morgan fingerprint density at radius 3 is 2.93 bits per heavy atom. The van der Waals surface area contributed by atoms with Gasteiger partial charge in [-0.25, -0.2) is 0 Å². The lowest BCUT2D eigenvalue weighted by Gasteiger charge is -2.25. The SMILES string of the molecule is CC(N)(CO)COCC1CCCCO1. The molecule has 1 saturated heterocycles. The zero-order valence-corrected chi connectivity index (χ0v) is 8.87. The first kappa shape index (κ1) is 11.9. The summed E-state index contributed by atoms with van der Waals surface area (Å²) in [5.74, 6) is 0. The fraction of sp³-hybridized carbons (Fsp3) is 1.00. The van der Waals surface area contributed by atoms with Crippen LogP contribution in [0.4, 0.5) is 0 Å².